The highest BCUT2D eigenvalue weighted by molar-refractivity contribution is 5.99. The van der Waals surface area contributed by atoms with Crippen LogP contribution in [-0.2, 0) is 6.18 Å². The molecule has 0 fully saturated rings. The molecule has 3 rings (SSSR count). The molecular weight excluding hydrogens is 335 g/mol. The third-order valence-corrected chi connectivity index (χ3v) is 3.87. The largest absolute Gasteiger partial charge is 0.496 e. The average molecular weight is 349 g/mol. The van der Waals surface area contributed by atoms with Crippen LogP contribution in [0.25, 0.3) is 22.0 Å². The highest BCUT2D eigenvalue weighted by Gasteiger charge is 2.32. The quantitative estimate of drug-likeness (QED) is 0.759. The van der Waals surface area contributed by atoms with Crippen LogP contribution in [0.15, 0.2) is 36.5 Å². The highest BCUT2D eigenvalue weighted by atomic mass is 19.4. The zero-order chi connectivity index (χ0) is 18.2. The molecule has 2 aromatic carbocycles. The van der Waals surface area contributed by atoms with E-state index in [1.807, 2.05) is 0 Å². The number of fused-ring (bicyclic) bond motifs is 1. The SMILES string of the molecule is CNC(=O)c1ccc(-c2cc(C(F)(F)F)cc3[nH]ncc23)c(OC)c1. The number of aromatic amines is 1. The van der Waals surface area contributed by atoms with Crippen LogP contribution in [0.2, 0.25) is 0 Å². The predicted octanol–water partition coefficient (Wildman–Crippen LogP) is 3.62. The number of nitrogens with one attached hydrogen (secondary N) is 2. The van der Waals surface area contributed by atoms with Crippen LogP contribution < -0.4 is 10.1 Å². The fourth-order valence-electron chi connectivity index (χ4n) is 2.64. The summed E-state index contributed by atoms with van der Waals surface area (Å²) in [5, 5.41) is 9.41. The summed E-state index contributed by atoms with van der Waals surface area (Å²) in [6.07, 6.45) is -3.04. The highest BCUT2D eigenvalue weighted by Crippen LogP contribution is 2.39. The maximum absolute atomic E-state index is 13.2. The number of methoxy groups -OCH3 is 1. The Kier molecular flexibility index (Phi) is 4.12. The Morgan fingerprint density at radius 2 is 1.96 bits per heavy atom. The fourth-order valence-corrected chi connectivity index (χ4v) is 2.64. The van der Waals surface area contributed by atoms with Crippen molar-refractivity contribution in [3.05, 3.63) is 47.7 Å². The monoisotopic (exact) mass is 349 g/mol. The molecule has 0 radical (unpaired) electrons. The number of H-pyrrole nitrogens is 1. The third kappa shape index (κ3) is 3.02. The molecule has 0 aliphatic carbocycles. The van der Waals surface area contributed by atoms with Gasteiger partial charge in [-0.3, -0.25) is 9.89 Å². The Bertz CT molecular complexity index is 948. The molecule has 2 N–H and O–H groups in total. The zero-order valence-corrected chi connectivity index (χ0v) is 13.4. The second-order valence-electron chi connectivity index (χ2n) is 5.35. The molecule has 0 atom stereocenters. The molecule has 0 aliphatic rings. The maximum Gasteiger partial charge on any atom is 0.416 e. The van der Waals surface area contributed by atoms with Crippen molar-refractivity contribution in [2.45, 2.75) is 6.18 Å². The summed E-state index contributed by atoms with van der Waals surface area (Å²) in [4.78, 5) is 11.8. The summed E-state index contributed by atoms with van der Waals surface area (Å²) < 4.78 is 44.9. The number of benzene rings is 2. The summed E-state index contributed by atoms with van der Waals surface area (Å²) in [7, 11) is 2.89. The van der Waals surface area contributed by atoms with Gasteiger partial charge in [0.25, 0.3) is 5.91 Å². The van der Waals surface area contributed by atoms with E-state index in [0.29, 0.717) is 27.8 Å². The number of halogens is 3. The normalized spacial score (nSPS) is 11.6. The van der Waals surface area contributed by atoms with Crippen molar-refractivity contribution in [2.24, 2.45) is 0 Å². The molecule has 0 saturated carbocycles. The Labute approximate surface area is 140 Å². The van der Waals surface area contributed by atoms with E-state index in [-0.39, 0.29) is 11.4 Å². The van der Waals surface area contributed by atoms with E-state index in [9.17, 15) is 18.0 Å². The Hall–Kier alpha value is -3.03. The Morgan fingerprint density at radius 3 is 2.60 bits per heavy atom. The van der Waals surface area contributed by atoms with Crippen LogP contribution in [-0.4, -0.2) is 30.3 Å². The molecule has 1 amide bonds. The van der Waals surface area contributed by atoms with E-state index in [1.54, 1.807) is 6.07 Å². The van der Waals surface area contributed by atoms with Gasteiger partial charge in [-0.05, 0) is 35.9 Å². The molecule has 0 bridgehead atoms. The molecule has 130 valence electrons. The van der Waals surface area contributed by atoms with Gasteiger partial charge in [0.2, 0.25) is 0 Å². The van der Waals surface area contributed by atoms with Gasteiger partial charge >= 0.3 is 6.18 Å². The van der Waals surface area contributed by atoms with E-state index in [2.05, 4.69) is 15.5 Å². The Morgan fingerprint density at radius 1 is 1.20 bits per heavy atom. The van der Waals surface area contributed by atoms with Gasteiger partial charge in [-0.25, -0.2) is 0 Å². The Balaban J connectivity index is 2.25. The second kappa shape index (κ2) is 6.12. The molecule has 25 heavy (non-hydrogen) atoms. The van der Waals surface area contributed by atoms with Gasteiger partial charge in [0.15, 0.2) is 0 Å². The molecule has 8 heteroatoms. The van der Waals surface area contributed by atoms with Crippen molar-refractivity contribution in [1.82, 2.24) is 15.5 Å². The van der Waals surface area contributed by atoms with Crippen LogP contribution in [0.3, 0.4) is 0 Å². The minimum Gasteiger partial charge on any atom is -0.496 e. The molecular formula is C17H14F3N3O2. The number of alkyl halides is 3. The molecule has 0 unspecified atom stereocenters. The summed E-state index contributed by atoms with van der Waals surface area (Å²) in [5.41, 5.74) is 0.573. The lowest BCUT2D eigenvalue weighted by Crippen LogP contribution is -2.17. The third-order valence-electron chi connectivity index (χ3n) is 3.87. The fraction of sp³-hybridized carbons (Fsp3) is 0.176. The second-order valence-corrected chi connectivity index (χ2v) is 5.35. The number of carbonyl (C=O) groups excluding carboxylic acids is 1. The van der Waals surface area contributed by atoms with Crippen LogP contribution in [0.4, 0.5) is 13.2 Å². The molecule has 5 nitrogen and oxygen atoms in total. The lowest BCUT2D eigenvalue weighted by atomic mass is 9.97. The lowest BCUT2D eigenvalue weighted by molar-refractivity contribution is -0.137. The summed E-state index contributed by atoms with van der Waals surface area (Å²) in [5.74, 6) is -0.0229. The maximum atomic E-state index is 13.2. The summed E-state index contributed by atoms with van der Waals surface area (Å²) in [6.45, 7) is 0. The minimum atomic E-state index is -4.50. The number of nitrogens with zero attached hydrogens (tertiary/aromatic N) is 1. The molecule has 1 aromatic heterocycles. The van der Waals surface area contributed by atoms with Gasteiger partial charge in [-0.15, -0.1) is 0 Å². The minimum absolute atomic E-state index is 0.266. The van der Waals surface area contributed by atoms with E-state index in [1.165, 1.54) is 32.5 Å². The lowest BCUT2D eigenvalue weighted by Gasteiger charge is -2.14. The first-order chi connectivity index (χ1) is 11.8. The number of amides is 1. The summed E-state index contributed by atoms with van der Waals surface area (Å²) >= 11 is 0. The smallest absolute Gasteiger partial charge is 0.416 e. The number of rotatable bonds is 3. The van der Waals surface area contributed by atoms with Crippen molar-refractivity contribution in [2.75, 3.05) is 14.2 Å². The van der Waals surface area contributed by atoms with Crippen molar-refractivity contribution < 1.29 is 22.7 Å². The van der Waals surface area contributed by atoms with E-state index in [0.717, 1.165) is 12.1 Å². The standard InChI is InChI=1S/C17H14F3N3O2/c1-21-16(24)9-3-4-11(15(5-9)25-2)12-6-10(17(18,19)20)7-14-13(12)8-22-23-14/h3-8H,1-2H3,(H,21,24)(H,22,23). The van der Waals surface area contributed by atoms with E-state index in [4.69, 9.17) is 4.74 Å². The van der Waals surface area contributed by atoms with E-state index >= 15 is 0 Å². The first kappa shape index (κ1) is 16.8. The zero-order valence-electron chi connectivity index (χ0n) is 13.4. The number of aromatic nitrogens is 2. The summed E-state index contributed by atoms with van der Waals surface area (Å²) in [6, 6.07) is 6.64. The molecule has 0 saturated heterocycles. The molecule has 0 aliphatic heterocycles. The van der Waals surface area contributed by atoms with Crippen molar-refractivity contribution in [3.8, 4) is 16.9 Å². The van der Waals surface area contributed by atoms with Gasteiger partial charge in [0.1, 0.15) is 5.75 Å². The number of ether oxygens (including phenoxy) is 1. The number of carbonyl (C=O) groups is 1. The number of hydrogen-bond donors (Lipinski definition) is 2. The van der Waals surface area contributed by atoms with Crippen LogP contribution in [0.5, 0.6) is 5.75 Å². The topological polar surface area (TPSA) is 67.0 Å². The molecule has 1 heterocycles. The molecule has 3 aromatic rings. The van der Waals surface area contributed by atoms with Crippen molar-refractivity contribution in [1.29, 1.82) is 0 Å². The first-order valence-corrected chi connectivity index (χ1v) is 7.30. The van der Waals surface area contributed by atoms with Crippen molar-refractivity contribution in [3.63, 3.8) is 0 Å². The van der Waals surface area contributed by atoms with E-state index < -0.39 is 11.7 Å². The van der Waals surface area contributed by atoms with Gasteiger partial charge in [0, 0.05) is 23.6 Å². The van der Waals surface area contributed by atoms with Crippen LogP contribution >= 0.6 is 0 Å². The predicted molar refractivity (Wildman–Crippen MR) is 86.5 cm³/mol. The van der Waals surface area contributed by atoms with Gasteiger partial charge in [0.05, 0.1) is 24.4 Å². The van der Waals surface area contributed by atoms with Gasteiger partial charge < -0.3 is 10.1 Å². The number of hydrogen-bond acceptors (Lipinski definition) is 3. The molecule has 0 spiro atoms. The van der Waals surface area contributed by atoms with Crippen LogP contribution in [0.1, 0.15) is 15.9 Å². The average Bonchev–Trinajstić information content (AvgIpc) is 3.07. The van der Waals surface area contributed by atoms with Crippen molar-refractivity contribution >= 4 is 16.8 Å². The van der Waals surface area contributed by atoms with Crippen LogP contribution in [0, 0.1) is 0 Å². The van der Waals surface area contributed by atoms with Gasteiger partial charge in [-0.2, -0.15) is 18.3 Å². The van der Waals surface area contributed by atoms with Gasteiger partial charge in [-0.1, -0.05) is 0 Å². The first-order valence-electron chi connectivity index (χ1n) is 7.30.